The van der Waals surface area contributed by atoms with E-state index < -0.39 is 0 Å². The second-order valence-electron chi connectivity index (χ2n) is 6.88. The van der Waals surface area contributed by atoms with Crippen molar-refractivity contribution >= 4 is 5.91 Å². The summed E-state index contributed by atoms with van der Waals surface area (Å²) in [7, 11) is 1.70. The lowest BCUT2D eigenvalue weighted by Gasteiger charge is -2.33. The van der Waals surface area contributed by atoms with Gasteiger partial charge in [-0.2, -0.15) is 0 Å². The first-order valence-corrected chi connectivity index (χ1v) is 8.82. The standard InChI is InChI=1S/C20H24N2O2/c1-24-19-7-3-2-6-16(19)17-14-18(17)20(23)22-12-8-15(9-13-22)21-10-4-5-11-21/h2-7,10-11,15,17-18H,8-9,12-14H2,1H3/t17-,18-/m1/s1. The molecule has 1 saturated carbocycles. The zero-order chi connectivity index (χ0) is 16.5. The Morgan fingerprint density at radius 3 is 2.50 bits per heavy atom. The van der Waals surface area contributed by atoms with Crippen molar-refractivity contribution in [3.8, 4) is 5.75 Å². The molecule has 4 heteroatoms. The monoisotopic (exact) mass is 324 g/mol. The fourth-order valence-electron chi connectivity index (χ4n) is 3.99. The van der Waals surface area contributed by atoms with Crippen molar-refractivity contribution in [2.45, 2.75) is 31.2 Å². The molecule has 126 valence electrons. The minimum Gasteiger partial charge on any atom is -0.496 e. The second kappa shape index (κ2) is 6.34. The summed E-state index contributed by atoms with van der Waals surface area (Å²) >= 11 is 0. The van der Waals surface area contributed by atoms with Crippen LogP contribution in [0.15, 0.2) is 48.8 Å². The van der Waals surface area contributed by atoms with E-state index in [9.17, 15) is 4.79 Å². The van der Waals surface area contributed by atoms with E-state index >= 15 is 0 Å². The molecule has 1 aliphatic carbocycles. The summed E-state index contributed by atoms with van der Waals surface area (Å²) < 4.78 is 7.72. The van der Waals surface area contributed by atoms with Gasteiger partial charge in [0.25, 0.3) is 0 Å². The van der Waals surface area contributed by atoms with Crippen LogP contribution in [0.2, 0.25) is 0 Å². The molecule has 1 aliphatic heterocycles. The topological polar surface area (TPSA) is 34.5 Å². The number of piperidine rings is 1. The summed E-state index contributed by atoms with van der Waals surface area (Å²) in [4.78, 5) is 14.9. The third kappa shape index (κ3) is 2.81. The number of ether oxygens (including phenoxy) is 1. The van der Waals surface area contributed by atoms with Gasteiger partial charge in [0.1, 0.15) is 5.75 Å². The third-order valence-electron chi connectivity index (χ3n) is 5.47. The van der Waals surface area contributed by atoms with Crippen LogP contribution >= 0.6 is 0 Å². The molecule has 2 aliphatic rings. The molecule has 0 unspecified atom stereocenters. The average Bonchev–Trinajstić information content (AvgIpc) is 3.25. The summed E-state index contributed by atoms with van der Waals surface area (Å²) in [5, 5.41) is 0. The van der Waals surface area contributed by atoms with E-state index in [0.717, 1.165) is 38.1 Å². The number of nitrogens with zero attached hydrogens (tertiary/aromatic N) is 2. The third-order valence-corrected chi connectivity index (χ3v) is 5.47. The van der Waals surface area contributed by atoms with E-state index in [4.69, 9.17) is 4.74 Å². The summed E-state index contributed by atoms with van der Waals surface area (Å²) in [5.74, 6) is 1.71. The molecule has 2 aromatic rings. The van der Waals surface area contributed by atoms with Gasteiger partial charge in [-0.25, -0.2) is 0 Å². The van der Waals surface area contributed by atoms with Gasteiger partial charge in [-0.1, -0.05) is 18.2 Å². The summed E-state index contributed by atoms with van der Waals surface area (Å²) in [6.07, 6.45) is 7.30. The normalized spacial score (nSPS) is 24.0. The van der Waals surface area contributed by atoms with E-state index in [1.807, 2.05) is 18.2 Å². The molecule has 1 saturated heterocycles. The van der Waals surface area contributed by atoms with Gasteiger partial charge in [0.15, 0.2) is 0 Å². The maximum atomic E-state index is 12.8. The smallest absolute Gasteiger partial charge is 0.226 e. The number of carbonyl (C=O) groups is 1. The SMILES string of the molecule is COc1ccccc1[C@H]1C[C@H]1C(=O)N1CCC(n2cccc2)CC1. The molecule has 1 amide bonds. The fourth-order valence-corrected chi connectivity index (χ4v) is 3.99. The van der Waals surface area contributed by atoms with E-state index in [2.05, 4.69) is 40.1 Å². The largest absolute Gasteiger partial charge is 0.496 e. The number of hydrogen-bond acceptors (Lipinski definition) is 2. The Balaban J connectivity index is 1.36. The van der Waals surface area contributed by atoms with Crippen molar-refractivity contribution in [3.05, 3.63) is 54.4 Å². The number of para-hydroxylation sites is 1. The predicted octanol–water partition coefficient (Wildman–Crippen LogP) is 3.46. The number of methoxy groups -OCH3 is 1. The van der Waals surface area contributed by atoms with Crippen molar-refractivity contribution in [1.29, 1.82) is 0 Å². The molecule has 2 fully saturated rings. The van der Waals surface area contributed by atoms with Gasteiger partial charge in [0.05, 0.1) is 7.11 Å². The van der Waals surface area contributed by atoms with Gasteiger partial charge in [-0.05, 0) is 48.9 Å². The van der Waals surface area contributed by atoms with Crippen molar-refractivity contribution in [2.24, 2.45) is 5.92 Å². The highest BCUT2D eigenvalue weighted by atomic mass is 16.5. The maximum absolute atomic E-state index is 12.8. The molecule has 1 aromatic carbocycles. The number of likely N-dealkylation sites (tertiary alicyclic amines) is 1. The van der Waals surface area contributed by atoms with E-state index in [-0.39, 0.29) is 5.92 Å². The van der Waals surface area contributed by atoms with Crippen LogP contribution in [0.1, 0.15) is 36.8 Å². The Hall–Kier alpha value is -2.23. The quantitative estimate of drug-likeness (QED) is 0.863. The summed E-state index contributed by atoms with van der Waals surface area (Å²) in [6, 6.07) is 12.8. The van der Waals surface area contributed by atoms with Gasteiger partial charge >= 0.3 is 0 Å². The number of benzene rings is 1. The van der Waals surface area contributed by atoms with Crippen LogP contribution in [0.3, 0.4) is 0 Å². The first kappa shape index (κ1) is 15.3. The number of amides is 1. The Kier molecular flexibility index (Phi) is 4.05. The summed E-state index contributed by atoms with van der Waals surface area (Å²) in [5.41, 5.74) is 1.18. The lowest BCUT2D eigenvalue weighted by Crippen LogP contribution is -2.40. The van der Waals surface area contributed by atoms with Crippen LogP contribution in [0.5, 0.6) is 5.75 Å². The zero-order valence-electron chi connectivity index (χ0n) is 14.1. The molecular formula is C20H24N2O2. The molecule has 4 nitrogen and oxygen atoms in total. The molecule has 2 heterocycles. The lowest BCUT2D eigenvalue weighted by molar-refractivity contribution is -0.134. The molecule has 24 heavy (non-hydrogen) atoms. The van der Waals surface area contributed by atoms with Gasteiger partial charge in [0.2, 0.25) is 5.91 Å². The Morgan fingerprint density at radius 1 is 1.08 bits per heavy atom. The van der Waals surface area contributed by atoms with E-state index in [0.29, 0.717) is 17.9 Å². The Morgan fingerprint density at radius 2 is 1.79 bits per heavy atom. The van der Waals surface area contributed by atoms with Gasteiger partial charge in [-0.15, -0.1) is 0 Å². The molecule has 2 atom stereocenters. The Labute approximate surface area is 143 Å². The highest BCUT2D eigenvalue weighted by Crippen LogP contribution is 2.51. The minimum atomic E-state index is 0.143. The van der Waals surface area contributed by atoms with Crippen molar-refractivity contribution in [3.63, 3.8) is 0 Å². The van der Waals surface area contributed by atoms with Crippen LogP contribution in [0.4, 0.5) is 0 Å². The lowest BCUT2D eigenvalue weighted by atomic mass is 10.0. The fraction of sp³-hybridized carbons (Fsp3) is 0.450. The molecule has 0 N–H and O–H groups in total. The van der Waals surface area contributed by atoms with Gasteiger partial charge < -0.3 is 14.2 Å². The maximum Gasteiger partial charge on any atom is 0.226 e. The molecule has 0 bridgehead atoms. The van der Waals surface area contributed by atoms with Crippen LogP contribution in [-0.2, 0) is 4.79 Å². The van der Waals surface area contributed by atoms with Crippen LogP contribution < -0.4 is 4.74 Å². The number of rotatable bonds is 4. The summed E-state index contributed by atoms with van der Waals surface area (Å²) in [6.45, 7) is 1.74. The molecule has 4 rings (SSSR count). The highest BCUT2D eigenvalue weighted by molar-refractivity contribution is 5.83. The van der Waals surface area contributed by atoms with Crippen molar-refractivity contribution < 1.29 is 9.53 Å². The second-order valence-corrected chi connectivity index (χ2v) is 6.88. The van der Waals surface area contributed by atoms with Gasteiger partial charge in [0, 0.05) is 37.4 Å². The van der Waals surface area contributed by atoms with E-state index in [1.54, 1.807) is 7.11 Å². The van der Waals surface area contributed by atoms with Crippen LogP contribution in [0, 0.1) is 5.92 Å². The zero-order valence-corrected chi connectivity index (χ0v) is 14.1. The minimum absolute atomic E-state index is 0.143. The first-order chi connectivity index (χ1) is 11.8. The van der Waals surface area contributed by atoms with Crippen molar-refractivity contribution in [2.75, 3.05) is 20.2 Å². The molecule has 0 spiro atoms. The van der Waals surface area contributed by atoms with Crippen LogP contribution in [0.25, 0.3) is 0 Å². The van der Waals surface area contributed by atoms with E-state index in [1.165, 1.54) is 5.56 Å². The predicted molar refractivity (Wildman–Crippen MR) is 93.1 cm³/mol. The van der Waals surface area contributed by atoms with Crippen molar-refractivity contribution in [1.82, 2.24) is 9.47 Å². The Bertz CT molecular complexity index is 702. The highest BCUT2D eigenvalue weighted by Gasteiger charge is 2.47. The van der Waals surface area contributed by atoms with Gasteiger partial charge in [-0.3, -0.25) is 4.79 Å². The number of hydrogen-bond donors (Lipinski definition) is 0. The molecule has 1 aromatic heterocycles. The number of aromatic nitrogens is 1. The molecule has 0 radical (unpaired) electrons. The first-order valence-electron chi connectivity index (χ1n) is 8.82. The number of carbonyl (C=O) groups excluding carboxylic acids is 1. The molecular weight excluding hydrogens is 300 g/mol. The van der Waals surface area contributed by atoms with Crippen LogP contribution in [-0.4, -0.2) is 35.6 Å². The average molecular weight is 324 g/mol.